The molecule has 3 nitrogen and oxygen atoms in total. The van der Waals surface area contributed by atoms with Crippen LogP contribution >= 0.6 is 15.9 Å². The molecular formula is C15H25BrN2O. The maximum Gasteiger partial charge on any atom is 0.0996 e. The Morgan fingerprint density at radius 3 is 2.37 bits per heavy atom. The minimum Gasteiger partial charge on any atom is -0.386 e. The molecule has 4 heteroatoms. The Morgan fingerprint density at radius 2 is 1.79 bits per heavy atom. The molecule has 1 saturated carbocycles. The molecule has 0 aromatic carbocycles. The van der Waals surface area contributed by atoms with Crippen molar-refractivity contribution in [3.63, 3.8) is 0 Å². The lowest BCUT2D eigenvalue weighted by Crippen LogP contribution is -2.19. The van der Waals surface area contributed by atoms with E-state index in [1.165, 1.54) is 32.1 Å². The van der Waals surface area contributed by atoms with Gasteiger partial charge in [-0.3, -0.25) is 4.68 Å². The SMILES string of the molecule is CC(C)n1ncc(Br)c1C(O)C1CCCCCCC1. The van der Waals surface area contributed by atoms with E-state index in [1.54, 1.807) is 0 Å². The van der Waals surface area contributed by atoms with Crippen molar-refractivity contribution in [3.05, 3.63) is 16.4 Å². The number of aliphatic hydroxyl groups excluding tert-OH is 1. The van der Waals surface area contributed by atoms with Crippen molar-refractivity contribution < 1.29 is 5.11 Å². The van der Waals surface area contributed by atoms with E-state index < -0.39 is 6.10 Å². The van der Waals surface area contributed by atoms with Crippen LogP contribution in [0.15, 0.2) is 10.7 Å². The van der Waals surface area contributed by atoms with Crippen LogP contribution in [0.5, 0.6) is 0 Å². The van der Waals surface area contributed by atoms with Crippen LogP contribution in [0.3, 0.4) is 0 Å². The standard InChI is InChI=1S/C15H25BrN2O/c1-11(2)18-14(13(16)10-17-18)15(19)12-8-6-4-3-5-7-9-12/h10-12,15,19H,3-9H2,1-2H3. The zero-order chi connectivity index (χ0) is 13.8. The van der Waals surface area contributed by atoms with E-state index in [0.29, 0.717) is 5.92 Å². The fourth-order valence-electron chi connectivity index (χ4n) is 3.07. The van der Waals surface area contributed by atoms with Gasteiger partial charge in [-0.15, -0.1) is 0 Å². The molecular weight excluding hydrogens is 304 g/mol. The van der Waals surface area contributed by atoms with Gasteiger partial charge in [0, 0.05) is 6.04 Å². The first-order valence-corrected chi connectivity index (χ1v) is 8.31. The number of hydrogen-bond acceptors (Lipinski definition) is 2. The molecule has 1 atom stereocenters. The largest absolute Gasteiger partial charge is 0.386 e. The molecule has 1 fully saturated rings. The van der Waals surface area contributed by atoms with Crippen molar-refractivity contribution in [1.82, 2.24) is 9.78 Å². The predicted octanol–water partition coefficient (Wildman–Crippen LogP) is 4.62. The molecule has 0 radical (unpaired) electrons. The first kappa shape index (κ1) is 15.0. The molecule has 0 amide bonds. The van der Waals surface area contributed by atoms with Crippen molar-refractivity contribution in [2.45, 2.75) is 70.9 Å². The van der Waals surface area contributed by atoms with Crippen molar-refractivity contribution in [2.75, 3.05) is 0 Å². The summed E-state index contributed by atoms with van der Waals surface area (Å²) in [4.78, 5) is 0. The predicted molar refractivity (Wildman–Crippen MR) is 81.1 cm³/mol. The van der Waals surface area contributed by atoms with Crippen molar-refractivity contribution in [2.24, 2.45) is 5.92 Å². The maximum atomic E-state index is 10.8. The van der Waals surface area contributed by atoms with Gasteiger partial charge in [-0.2, -0.15) is 5.10 Å². The number of halogens is 1. The lowest BCUT2D eigenvalue weighted by atomic mass is 9.86. The molecule has 1 unspecified atom stereocenters. The summed E-state index contributed by atoms with van der Waals surface area (Å²) < 4.78 is 2.89. The summed E-state index contributed by atoms with van der Waals surface area (Å²) in [5.74, 6) is 0.380. The smallest absolute Gasteiger partial charge is 0.0996 e. The van der Waals surface area contributed by atoms with Crippen LogP contribution in [0.4, 0.5) is 0 Å². The second-order valence-electron chi connectivity index (χ2n) is 5.97. The van der Waals surface area contributed by atoms with Gasteiger partial charge < -0.3 is 5.11 Å². The number of hydrogen-bond donors (Lipinski definition) is 1. The Morgan fingerprint density at radius 1 is 1.21 bits per heavy atom. The Balaban J connectivity index is 2.17. The van der Waals surface area contributed by atoms with E-state index in [-0.39, 0.29) is 6.04 Å². The van der Waals surface area contributed by atoms with Crippen LogP contribution in [0.1, 0.15) is 76.6 Å². The zero-order valence-corrected chi connectivity index (χ0v) is 13.6. The van der Waals surface area contributed by atoms with Crippen molar-refractivity contribution >= 4 is 15.9 Å². The van der Waals surface area contributed by atoms with Crippen molar-refractivity contribution in [1.29, 1.82) is 0 Å². The third-order valence-electron chi connectivity index (χ3n) is 4.15. The Labute approximate surface area is 124 Å². The average Bonchev–Trinajstić information content (AvgIpc) is 2.70. The van der Waals surface area contributed by atoms with Crippen LogP contribution in [-0.2, 0) is 0 Å². The minimum absolute atomic E-state index is 0.282. The molecule has 0 aliphatic heterocycles. The number of aromatic nitrogens is 2. The van der Waals surface area contributed by atoms with Crippen LogP contribution in [0, 0.1) is 5.92 Å². The van der Waals surface area contributed by atoms with E-state index in [4.69, 9.17) is 0 Å². The molecule has 1 heterocycles. The highest BCUT2D eigenvalue weighted by molar-refractivity contribution is 9.10. The molecule has 0 saturated heterocycles. The molecule has 108 valence electrons. The van der Waals surface area contributed by atoms with Gasteiger partial charge in [0.15, 0.2) is 0 Å². The fraction of sp³-hybridized carbons (Fsp3) is 0.800. The molecule has 1 aromatic heterocycles. The second-order valence-corrected chi connectivity index (χ2v) is 6.82. The van der Waals surface area contributed by atoms with Gasteiger partial charge in [-0.25, -0.2) is 0 Å². The first-order chi connectivity index (χ1) is 9.11. The second kappa shape index (κ2) is 6.89. The molecule has 19 heavy (non-hydrogen) atoms. The van der Waals surface area contributed by atoms with E-state index in [9.17, 15) is 5.11 Å². The van der Waals surface area contributed by atoms with Gasteiger partial charge in [0.2, 0.25) is 0 Å². The van der Waals surface area contributed by atoms with Crippen LogP contribution in [0.2, 0.25) is 0 Å². The van der Waals surface area contributed by atoms with Gasteiger partial charge in [0.1, 0.15) is 0 Å². The normalized spacial score (nSPS) is 20.3. The highest BCUT2D eigenvalue weighted by Gasteiger charge is 2.27. The van der Waals surface area contributed by atoms with Crippen molar-refractivity contribution in [3.8, 4) is 0 Å². The Hall–Kier alpha value is -0.350. The van der Waals surface area contributed by atoms with Gasteiger partial charge >= 0.3 is 0 Å². The van der Waals surface area contributed by atoms with Crippen LogP contribution in [0.25, 0.3) is 0 Å². The quantitative estimate of drug-likeness (QED) is 0.879. The van der Waals surface area contributed by atoms with E-state index in [0.717, 1.165) is 23.0 Å². The van der Waals surface area contributed by atoms with E-state index in [2.05, 4.69) is 34.9 Å². The third-order valence-corrected chi connectivity index (χ3v) is 4.76. The summed E-state index contributed by atoms with van der Waals surface area (Å²) in [6.07, 6.45) is 10.2. The zero-order valence-electron chi connectivity index (χ0n) is 12.0. The monoisotopic (exact) mass is 328 g/mol. The molecule has 1 N–H and O–H groups in total. The molecule has 2 rings (SSSR count). The lowest BCUT2D eigenvalue weighted by molar-refractivity contribution is 0.0810. The summed E-state index contributed by atoms with van der Waals surface area (Å²) >= 11 is 3.54. The van der Waals surface area contributed by atoms with E-state index >= 15 is 0 Å². The number of rotatable bonds is 3. The minimum atomic E-state index is -0.391. The maximum absolute atomic E-state index is 10.8. The van der Waals surface area contributed by atoms with Gasteiger partial charge in [-0.1, -0.05) is 32.1 Å². The molecule has 0 bridgehead atoms. The summed E-state index contributed by atoms with van der Waals surface area (Å²) in [6, 6.07) is 0.282. The summed E-state index contributed by atoms with van der Waals surface area (Å²) in [5, 5.41) is 15.2. The highest BCUT2D eigenvalue weighted by Crippen LogP contribution is 2.36. The van der Waals surface area contributed by atoms with Crippen LogP contribution < -0.4 is 0 Å². The molecule has 1 aromatic rings. The summed E-state index contributed by atoms with van der Waals surface area (Å²) in [6.45, 7) is 4.21. The molecule has 1 aliphatic rings. The Bertz CT molecular complexity index is 395. The summed E-state index contributed by atoms with van der Waals surface area (Å²) in [5.41, 5.74) is 0.959. The highest BCUT2D eigenvalue weighted by atomic mass is 79.9. The molecule has 1 aliphatic carbocycles. The third kappa shape index (κ3) is 3.60. The number of nitrogens with zero attached hydrogens (tertiary/aromatic N) is 2. The van der Waals surface area contributed by atoms with Gasteiger partial charge in [0.25, 0.3) is 0 Å². The average molecular weight is 329 g/mol. The number of aliphatic hydroxyl groups is 1. The Kier molecular flexibility index (Phi) is 5.46. The van der Waals surface area contributed by atoms with Gasteiger partial charge in [0.05, 0.1) is 22.5 Å². The first-order valence-electron chi connectivity index (χ1n) is 7.52. The van der Waals surface area contributed by atoms with E-state index in [1.807, 2.05) is 10.9 Å². The topological polar surface area (TPSA) is 38.0 Å². The van der Waals surface area contributed by atoms with Gasteiger partial charge in [-0.05, 0) is 48.5 Å². The summed E-state index contributed by atoms with van der Waals surface area (Å²) in [7, 11) is 0. The fourth-order valence-corrected chi connectivity index (χ4v) is 3.57. The molecule has 0 spiro atoms. The lowest BCUT2D eigenvalue weighted by Gasteiger charge is -2.26. The van der Waals surface area contributed by atoms with Crippen LogP contribution in [-0.4, -0.2) is 14.9 Å².